The normalized spacial score (nSPS) is 16.6. The maximum Gasteiger partial charge on any atom is 0.245 e. The molecule has 0 saturated carbocycles. The molecule has 0 N–H and O–H groups in total. The number of hydrogen-bond acceptors (Lipinski definition) is 7. The Hall–Kier alpha value is -3.21. The maximum absolute atomic E-state index is 13.9. The second-order valence-electron chi connectivity index (χ2n) is 8.88. The van der Waals surface area contributed by atoms with Gasteiger partial charge in [0.25, 0.3) is 0 Å². The van der Waals surface area contributed by atoms with Crippen molar-refractivity contribution < 1.29 is 17.3 Å². The molecule has 0 aliphatic carbocycles. The quantitative estimate of drug-likeness (QED) is 0.411. The summed E-state index contributed by atoms with van der Waals surface area (Å²) in [5.74, 6) is 0.410. The van der Waals surface area contributed by atoms with E-state index in [4.69, 9.17) is 4.52 Å². The largest absolute Gasteiger partial charge is 0.337 e. The lowest BCUT2D eigenvalue weighted by atomic mass is 10.1. The summed E-state index contributed by atoms with van der Waals surface area (Å²) in [4.78, 5) is 11.2. The second-order valence-corrected chi connectivity index (χ2v) is 10.8. The van der Waals surface area contributed by atoms with E-state index in [2.05, 4.69) is 20.0 Å². The monoisotopic (exact) mass is 495 g/mol. The van der Waals surface area contributed by atoms with E-state index < -0.39 is 10.0 Å². The van der Waals surface area contributed by atoms with Gasteiger partial charge < -0.3 is 4.52 Å². The van der Waals surface area contributed by atoms with Crippen molar-refractivity contribution in [1.29, 1.82) is 0 Å². The molecule has 2 aromatic carbocycles. The molecule has 1 fully saturated rings. The van der Waals surface area contributed by atoms with Crippen molar-refractivity contribution in [3.05, 3.63) is 71.5 Å². The van der Waals surface area contributed by atoms with Gasteiger partial charge in [0.15, 0.2) is 0 Å². The summed E-state index contributed by atoms with van der Waals surface area (Å²) in [7, 11) is -3.70. The Bertz CT molecular complexity index is 1500. The van der Waals surface area contributed by atoms with E-state index in [0.717, 1.165) is 10.9 Å². The van der Waals surface area contributed by atoms with Crippen LogP contribution in [0, 0.1) is 19.7 Å². The van der Waals surface area contributed by atoms with Crippen LogP contribution in [0.5, 0.6) is 0 Å². The lowest BCUT2D eigenvalue weighted by Crippen LogP contribution is -2.49. The SMILES string of the molecule is Cc1cnc2c(S(=O)(=O)N3CCN(C(C)c4nc(-c5ccc(C)c(F)c5)no4)CC3)cccc2c1. The van der Waals surface area contributed by atoms with Crippen LogP contribution >= 0.6 is 0 Å². The number of benzene rings is 2. The van der Waals surface area contributed by atoms with Gasteiger partial charge in [-0.25, -0.2) is 12.8 Å². The number of fused-ring (bicyclic) bond motifs is 1. The fourth-order valence-electron chi connectivity index (χ4n) is 4.33. The van der Waals surface area contributed by atoms with Crippen molar-refractivity contribution in [1.82, 2.24) is 24.3 Å². The summed E-state index contributed by atoms with van der Waals surface area (Å²) in [6, 6.07) is 11.8. The average molecular weight is 496 g/mol. The Morgan fingerprint density at radius 1 is 1.06 bits per heavy atom. The van der Waals surface area contributed by atoms with Gasteiger partial charge in [0.1, 0.15) is 10.7 Å². The molecule has 5 rings (SSSR count). The van der Waals surface area contributed by atoms with Gasteiger partial charge in [0.2, 0.25) is 21.7 Å². The highest BCUT2D eigenvalue weighted by Crippen LogP contribution is 2.28. The predicted molar refractivity (Wildman–Crippen MR) is 130 cm³/mol. The van der Waals surface area contributed by atoms with Crippen LogP contribution < -0.4 is 0 Å². The number of aromatic nitrogens is 3. The first-order valence-corrected chi connectivity index (χ1v) is 12.9. The van der Waals surface area contributed by atoms with Crippen molar-refractivity contribution in [3.8, 4) is 11.4 Å². The Morgan fingerprint density at radius 3 is 2.57 bits per heavy atom. The molecule has 10 heteroatoms. The van der Waals surface area contributed by atoms with Crippen LogP contribution in [0.25, 0.3) is 22.3 Å². The number of sulfonamides is 1. The zero-order chi connectivity index (χ0) is 24.7. The van der Waals surface area contributed by atoms with E-state index in [-0.39, 0.29) is 16.8 Å². The van der Waals surface area contributed by atoms with Crippen LogP contribution in [-0.2, 0) is 10.0 Å². The number of aryl methyl sites for hydroxylation is 2. The van der Waals surface area contributed by atoms with Crippen molar-refractivity contribution in [2.75, 3.05) is 26.2 Å². The van der Waals surface area contributed by atoms with E-state index in [9.17, 15) is 12.8 Å². The molecule has 3 heterocycles. The number of hydrogen-bond donors (Lipinski definition) is 0. The Balaban J connectivity index is 1.30. The first-order valence-electron chi connectivity index (χ1n) is 11.4. The highest BCUT2D eigenvalue weighted by atomic mass is 32.2. The molecule has 2 aromatic heterocycles. The number of rotatable bonds is 5. The third-order valence-electron chi connectivity index (χ3n) is 6.48. The topological polar surface area (TPSA) is 92.4 Å². The minimum absolute atomic E-state index is 0.210. The predicted octanol–water partition coefficient (Wildman–Crippen LogP) is 4.11. The zero-order valence-corrected chi connectivity index (χ0v) is 20.6. The number of halogens is 1. The van der Waals surface area contributed by atoms with E-state index in [1.165, 1.54) is 10.4 Å². The van der Waals surface area contributed by atoms with Gasteiger partial charge in [-0.05, 0) is 50.1 Å². The summed E-state index contributed by atoms with van der Waals surface area (Å²) in [5, 5.41) is 4.81. The zero-order valence-electron chi connectivity index (χ0n) is 19.8. The van der Waals surface area contributed by atoms with Gasteiger partial charge in [-0.1, -0.05) is 29.4 Å². The molecule has 1 saturated heterocycles. The Morgan fingerprint density at radius 2 is 1.83 bits per heavy atom. The van der Waals surface area contributed by atoms with Crippen molar-refractivity contribution in [2.45, 2.75) is 31.7 Å². The molecular weight excluding hydrogens is 469 g/mol. The van der Waals surface area contributed by atoms with Crippen LogP contribution in [0.3, 0.4) is 0 Å². The fraction of sp³-hybridized carbons (Fsp3) is 0.320. The minimum atomic E-state index is -3.70. The number of nitrogens with zero attached hydrogens (tertiary/aromatic N) is 5. The van der Waals surface area contributed by atoms with Crippen LogP contribution in [0.1, 0.15) is 30.0 Å². The molecular formula is C25H26FN5O3S. The van der Waals surface area contributed by atoms with E-state index in [0.29, 0.717) is 54.5 Å². The van der Waals surface area contributed by atoms with Crippen molar-refractivity contribution in [3.63, 3.8) is 0 Å². The molecule has 0 amide bonds. The average Bonchev–Trinajstić information content (AvgIpc) is 3.35. The van der Waals surface area contributed by atoms with E-state index in [1.54, 1.807) is 37.4 Å². The molecule has 1 aliphatic heterocycles. The Kier molecular flexibility index (Phi) is 6.12. The number of pyridine rings is 1. The summed E-state index contributed by atoms with van der Waals surface area (Å²) in [6.07, 6.45) is 1.69. The standard InChI is InChI=1S/C25H26FN5O3S/c1-16-13-19-5-4-6-22(23(19)27-15-16)35(32,33)31-11-9-30(10-12-31)18(3)25-28-24(29-34-25)20-8-7-17(2)21(26)14-20/h4-8,13-15,18H,9-12H2,1-3H3. The molecule has 0 bridgehead atoms. The van der Waals surface area contributed by atoms with Gasteiger partial charge in [0.05, 0.1) is 11.6 Å². The lowest BCUT2D eigenvalue weighted by Gasteiger charge is -2.36. The van der Waals surface area contributed by atoms with Crippen LogP contribution in [0.4, 0.5) is 4.39 Å². The van der Waals surface area contributed by atoms with Crippen LogP contribution in [0.15, 0.2) is 58.1 Å². The molecule has 182 valence electrons. The molecule has 0 radical (unpaired) electrons. The smallest absolute Gasteiger partial charge is 0.245 e. The van der Waals surface area contributed by atoms with Gasteiger partial charge in [-0.15, -0.1) is 0 Å². The minimum Gasteiger partial charge on any atom is -0.337 e. The fourth-order valence-corrected chi connectivity index (χ4v) is 5.92. The summed E-state index contributed by atoms with van der Waals surface area (Å²) in [5.41, 5.74) is 2.56. The van der Waals surface area contributed by atoms with Gasteiger partial charge >= 0.3 is 0 Å². The highest BCUT2D eigenvalue weighted by molar-refractivity contribution is 7.89. The highest BCUT2D eigenvalue weighted by Gasteiger charge is 2.33. The summed E-state index contributed by atoms with van der Waals surface area (Å²) >= 11 is 0. The Labute approximate surface area is 203 Å². The van der Waals surface area contributed by atoms with Crippen LogP contribution in [0.2, 0.25) is 0 Å². The van der Waals surface area contributed by atoms with E-state index >= 15 is 0 Å². The maximum atomic E-state index is 13.9. The molecule has 1 unspecified atom stereocenters. The van der Waals surface area contributed by atoms with Gasteiger partial charge in [-0.2, -0.15) is 9.29 Å². The van der Waals surface area contributed by atoms with Crippen LogP contribution in [-0.4, -0.2) is 58.9 Å². The number of piperazine rings is 1. The van der Waals surface area contributed by atoms with Crippen molar-refractivity contribution in [2.24, 2.45) is 0 Å². The van der Waals surface area contributed by atoms with Crippen molar-refractivity contribution >= 4 is 20.9 Å². The second kappa shape index (κ2) is 9.10. The third-order valence-corrected chi connectivity index (χ3v) is 8.41. The molecule has 1 aliphatic rings. The molecule has 35 heavy (non-hydrogen) atoms. The number of para-hydroxylation sites is 1. The first-order chi connectivity index (χ1) is 16.7. The summed E-state index contributed by atoms with van der Waals surface area (Å²) < 4.78 is 47.8. The summed E-state index contributed by atoms with van der Waals surface area (Å²) in [6.45, 7) is 7.25. The first kappa shape index (κ1) is 23.5. The van der Waals surface area contributed by atoms with Gasteiger partial charge in [0, 0.05) is 43.3 Å². The lowest BCUT2D eigenvalue weighted by molar-refractivity contribution is 0.124. The molecule has 8 nitrogen and oxygen atoms in total. The van der Waals surface area contributed by atoms with Gasteiger partial charge in [-0.3, -0.25) is 9.88 Å². The molecule has 4 aromatic rings. The van der Waals surface area contributed by atoms with E-state index in [1.807, 2.05) is 26.0 Å². The third kappa shape index (κ3) is 4.44. The molecule has 1 atom stereocenters. The molecule has 0 spiro atoms.